The standard InChI is InChI=1S/C14H15N5O4/c1-21-8-10-9(7-23-19-10)14(20)15-5-4-12-16-13(18-17-12)11-3-2-6-22-11/h2-3,6-7H,4-5,8H2,1H3,(H,15,20)(H,16,17,18). The summed E-state index contributed by atoms with van der Waals surface area (Å²) in [5.41, 5.74) is 0.825. The summed E-state index contributed by atoms with van der Waals surface area (Å²) in [4.78, 5) is 16.4. The predicted octanol–water partition coefficient (Wildman–Crippen LogP) is 1.17. The lowest BCUT2D eigenvalue weighted by molar-refractivity contribution is 0.0949. The number of methoxy groups -OCH3 is 1. The van der Waals surface area contributed by atoms with E-state index in [9.17, 15) is 4.79 Å². The van der Waals surface area contributed by atoms with Crippen LogP contribution < -0.4 is 5.32 Å². The van der Waals surface area contributed by atoms with Gasteiger partial charge in [-0.2, -0.15) is 5.10 Å². The van der Waals surface area contributed by atoms with Crippen LogP contribution in [-0.2, 0) is 17.8 Å². The lowest BCUT2D eigenvalue weighted by atomic mass is 10.2. The van der Waals surface area contributed by atoms with Gasteiger partial charge in [0, 0.05) is 20.1 Å². The number of aromatic amines is 1. The molecule has 120 valence electrons. The summed E-state index contributed by atoms with van der Waals surface area (Å²) in [6, 6.07) is 3.54. The molecule has 1 amide bonds. The van der Waals surface area contributed by atoms with E-state index < -0.39 is 0 Å². The molecule has 0 unspecified atom stereocenters. The Balaban J connectivity index is 1.53. The Morgan fingerprint density at radius 1 is 1.48 bits per heavy atom. The van der Waals surface area contributed by atoms with Gasteiger partial charge in [-0.3, -0.25) is 9.89 Å². The van der Waals surface area contributed by atoms with Gasteiger partial charge in [0.1, 0.15) is 23.3 Å². The molecule has 0 atom stereocenters. The Hall–Kier alpha value is -2.94. The minimum absolute atomic E-state index is 0.216. The van der Waals surface area contributed by atoms with E-state index in [1.165, 1.54) is 13.4 Å². The summed E-state index contributed by atoms with van der Waals surface area (Å²) in [5.74, 6) is 1.45. The van der Waals surface area contributed by atoms with Crippen LogP contribution in [0.2, 0.25) is 0 Å². The summed E-state index contributed by atoms with van der Waals surface area (Å²) in [6.45, 7) is 0.608. The van der Waals surface area contributed by atoms with Crippen molar-refractivity contribution in [2.75, 3.05) is 13.7 Å². The number of furan rings is 1. The molecule has 0 spiro atoms. The van der Waals surface area contributed by atoms with Crippen molar-refractivity contribution in [2.45, 2.75) is 13.0 Å². The molecule has 0 aliphatic carbocycles. The van der Waals surface area contributed by atoms with Crippen LogP contribution in [0.1, 0.15) is 21.9 Å². The second-order valence-electron chi connectivity index (χ2n) is 4.70. The number of carbonyl (C=O) groups is 1. The topological polar surface area (TPSA) is 119 Å². The molecule has 23 heavy (non-hydrogen) atoms. The van der Waals surface area contributed by atoms with E-state index in [2.05, 4.69) is 25.7 Å². The van der Waals surface area contributed by atoms with Crippen molar-refractivity contribution >= 4 is 5.91 Å². The zero-order chi connectivity index (χ0) is 16.1. The molecular formula is C14H15N5O4. The summed E-state index contributed by atoms with van der Waals surface area (Å²) in [7, 11) is 1.52. The van der Waals surface area contributed by atoms with Gasteiger partial charge in [-0.25, -0.2) is 4.98 Å². The molecule has 0 fully saturated rings. The molecule has 0 saturated carbocycles. The Morgan fingerprint density at radius 3 is 3.17 bits per heavy atom. The molecule has 3 aromatic heterocycles. The fraction of sp³-hybridized carbons (Fsp3) is 0.286. The van der Waals surface area contributed by atoms with Crippen molar-refractivity contribution in [3.05, 3.63) is 41.7 Å². The molecule has 3 rings (SSSR count). The number of hydrogen-bond acceptors (Lipinski definition) is 7. The predicted molar refractivity (Wildman–Crippen MR) is 77.3 cm³/mol. The number of carbonyl (C=O) groups excluding carboxylic acids is 1. The molecule has 9 heteroatoms. The number of nitrogens with zero attached hydrogens (tertiary/aromatic N) is 3. The van der Waals surface area contributed by atoms with Gasteiger partial charge >= 0.3 is 0 Å². The van der Waals surface area contributed by atoms with Crippen molar-refractivity contribution in [1.82, 2.24) is 25.7 Å². The molecule has 0 aliphatic rings. The van der Waals surface area contributed by atoms with E-state index in [4.69, 9.17) is 13.7 Å². The summed E-state index contributed by atoms with van der Waals surface area (Å²) in [5, 5.41) is 13.4. The maximum atomic E-state index is 12.1. The molecule has 0 radical (unpaired) electrons. The highest BCUT2D eigenvalue weighted by molar-refractivity contribution is 5.94. The van der Waals surface area contributed by atoms with Crippen molar-refractivity contribution in [3.8, 4) is 11.6 Å². The number of ether oxygens (including phenoxy) is 1. The second kappa shape index (κ2) is 6.88. The lowest BCUT2D eigenvalue weighted by Crippen LogP contribution is -2.26. The Morgan fingerprint density at radius 2 is 2.39 bits per heavy atom. The number of amides is 1. The number of rotatable bonds is 7. The monoisotopic (exact) mass is 317 g/mol. The highest BCUT2D eigenvalue weighted by atomic mass is 16.5. The Bertz CT molecular complexity index is 762. The Kier molecular flexibility index (Phi) is 4.48. The first-order valence-electron chi connectivity index (χ1n) is 6.93. The van der Waals surface area contributed by atoms with E-state index >= 15 is 0 Å². The average Bonchev–Trinajstić information content (AvgIpc) is 3.28. The number of aromatic nitrogens is 4. The number of H-pyrrole nitrogens is 1. The van der Waals surface area contributed by atoms with Crippen LogP contribution >= 0.6 is 0 Å². The van der Waals surface area contributed by atoms with E-state index in [1.54, 1.807) is 18.4 Å². The zero-order valence-corrected chi connectivity index (χ0v) is 12.4. The van der Waals surface area contributed by atoms with E-state index in [1.807, 2.05) is 0 Å². The minimum Gasteiger partial charge on any atom is -0.461 e. The molecule has 3 heterocycles. The molecule has 0 bridgehead atoms. The zero-order valence-electron chi connectivity index (χ0n) is 12.4. The minimum atomic E-state index is -0.274. The van der Waals surface area contributed by atoms with E-state index in [0.29, 0.717) is 41.6 Å². The van der Waals surface area contributed by atoms with Crippen LogP contribution in [0.5, 0.6) is 0 Å². The van der Waals surface area contributed by atoms with Gasteiger partial charge < -0.3 is 19.0 Å². The van der Waals surface area contributed by atoms with Crippen LogP contribution in [-0.4, -0.2) is 39.9 Å². The van der Waals surface area contributed by atoms with Gasteiger partial charge in [-0.15, -0.1) is 0 Å². The first kappa shape index (κ1) is 15.0. The first-order chi connectivity index (χ1) is 11.3. The molecule has 9 nitrogen and oxygen atoms in total. The van der Waals surface area contributed by atoms with Crippen molar-refractivity contribution in [1.29, 1.82) is 0 Å². The third-order valence-electron chi connectivity index (χ3n) is 3.09. The van der Waals surface area contributed by atoms with Crippen molar-refractivity contribution in [3.63, 3.8) is 0 Å². The molecule has 0 aromatic carbocycles. The first-order valence-corrected chi connectivity index (χ1v) is 6.93. The van der Waals surface area contributed by atoms with Crippen LogP contribution in [0.4, 0.5) is 0 Å². The smallest absolute Gasteiger partial charge is 0.256 e. The maximum absolute atomic E-state index is 12.1. The number of hydrogen-bond donors (Lipinski definition) is 2. The second-order valence-corrected chi connectivity index (χ2v) is 4.70. The Labute approximate surface area is 131 Å². The quantitative estimate of drug-likeness (QED) is 0.671. The van der Waals surface area contributed by atoms with Crippen molar-refractivity contribution < 1.29 is 18.5 Å². The third-order valence-corrected chi connectivity index (χ3v) is 3.09. The van der Waals surface area contributed by atoms with Crippen LogP contribution in [0, 0.1) is 0 Å². The van der Waals surface area contributed by atoms with Crippen LogP contribution in [0.3, 0.4) is 0 Å². The SMILES string of the molecule is COCc1nocc1C(=O)NCCc1nc(-c2ccco2)n[nH]1. The van der Waals surface area contributed by atoms with Crippen molar-refractivity contribution in [2.24, 2.45) is 0 Å². The fourth-order valence-corrected chi connectivity index (χ4v) is 2.00. The van der Waals surface area contributed by atoms with Gasteiger partial charge in [0.15, 0.2) is 5.76 Å². The van der Waals surface area contributed by atoms with Gasteiger partial charge in [-0.1, -0.05) is 5.16 Å². The molecular weight excluding hydrogens is 302 g/mol. The average molecular weight is 317 g/mol. The summed E-state index contributed by atoms with van der Waals surface area (Å²) < 4.78 is 15.0. The fourth-order valence-electron chi connectivity index (χ4n) is 2.00. The highest BCUT2D eigenvalue weighted by Crippen LogP contribution is 2.14. The van der Waals surface area contributed by atoms with Gasteiger partial charge in [-0.05, 0) is 12.1 Å². The summed E-state index contributed by atoms with van der Waals surface area (Å²) in [6.07, 6.45) is 3.36. The molecule has 3 aromatic rings. The molecule has 0 saturated heterocycles. The van der Waals surface area contributed by atoms with Gasteiger partial charge in [0.2, 0.25) is 5.82 Å². The van der Waals surface area contributed by atoms with E-state index in [-0.39, 0.29) is 12.5 Å². The summed E-state index contributed by atoms with van der Waals surface area (Å²) >= 11 is 0. The molecule has 2 N–H and O–H groups in total. The normalized spacial score (nSPS) is 10.8. The van der Waals surface area contributed by atoms with Crippen LogP contribution in [0.25, 0.3) is 11.6 Å². The van der Waals surface area contributed by atoms with Gasteiger partial charge in [0.25, 0.3) is 5.91 Å². The third kappa shape index (κ3) is 3.46. The van der Waals surface area contributed by atoms with Crippen LogP contribution in [0.15, 0.2) is 33.6 Å². The lowest BCUT2D eigenvalue weighted by Gasteiger charge is -2.02. The van der Waals surface area contributed by atoms with Gasteiger partial charge in [0.05, 0.1) is 12.9 Å². The van der Waals surface area contributed by atoms with E-state index in [0.717, 1.165) is 0 Å². The highest BCUT2D eigenvalue weighted by Gasteiger charge is 2.15. The largest absolute Gasteiger partial charge is 0.461 e. The maximum Gasteiger partial charge on any atom is 0.256 e. The number of nitrogens with one attached hydrogen (secondary N) is 2. The molecule has 0 aliphatic heterocycles.